The van der Waals surface area contributed by atoms with E-state index in [0.717, 1.165) is 16.6 Å². The van der Waals surface area contributed by atoms with Crippen molar-refractivity contribution in [1.29, 1.82) is 0 Å². The minimum atomic E-state index is -4.20. The van der Waals surface area contributed by atoms with Crippen molar-refractivity contribution in [3.05, 3.63) is 34.8 Å². The van der Waals surface area contributed by atoms with Crippen LogP contribution >= 0.6 is 77.4 Å². The second-order valence-corrected chi connectivity index (χ2v) is 6.35. The summed E-state index contributed by atoms with van der Waals surface area (Å²) in [5, 5.41) is 0. The summed E-state index contributed by atoms with van der Waals surface area (Å²) in [5.74, 6) is 0. The summed E-state index contributed by atoms with van der Waals surface area (Å²) in [6, 6.07) is 0. The third-order valence-corrected chi connectivity index (χ3v) is 4.33. The first-order valence-corrected chi connectivity index (χ1v) is 8.83. The van der Waals surface area contributed by atoms with Gasteiger partial charge in [0.05, 0.1) is 0 Å². The number of halogens is 6. The van der Waals surface area contributed by atoms with Crippen LogP contribution in [0, 0.1) is 0 Å². The van der Waals surface area contributed by atoms with Gasteiger partial charge in [-0.25, -0.2) is 4.57 Å². The normalized spacial score (nSPS) is 20.5. The van der Waals surface area contributed by atoms with Gasteiger partial charge in [0.25, 0.3) is 0 Å². The van der Waals surface area contributed by atoms with Crippen LogP contribution in [-0.4, -0.2) is 16.7 Å². The maximum atomic E-state index is 12.3. The number of hydrogen-bond donors (Lipinski definition) is 0. The highest BCUT2D eigenvalue weighted by molar-refractivity contribution is 7.48. The monoisotopic (exact) mass is 422 g/mol. The number of alkyl halides is 3. The average Bonchev–Trinajstić information content (AvgIpc) is 2.28. The fourth-order valence-electron chi connectivity index (χ4n) is 0.722. The van der Waals surface area contributed by atoms with E-state index in [9.17, 15) is 4.57 Å². The standard InChI is InChI=1S/C9H9Cl6O4P/c10-4-1-7(13)17-20(16,18-8(14)2-5-11)19-9(15)3-6-12/h1-9H/b4-1+,5-2+,6-3+. The zero-order valence-electron chi connectivity index (χ0n) is 9.54. The Kier molecular flexibility index (Phi) is 12.2. The molecule has 0 aliphatic rings. The van der Waals surface area contributed by atoms with Gasteiger partial charge in [-0.15, -0.1) is 0 Å². The van der Waals surface area contributed by atoms with Gasteiger partial charge in [-0.2, -0.15) is 0 Å². The van der Waals surface area contributed by atoms with Crippen molar-refractivity contribution in [2.75, 3.05) is 0 Å². The van der Waals surface area contributed by atoms with Gasteiger partial charge in [0.15, 0.2) is 16.7 Å². The molecule has 20 heavy (non-hydrogen) atoms. The number of phosphoric ester groups is 1. The minimum Gasteiger partial charge on any atom is -0.263 e. The highest BCUT2D eigenvalue weighted by Gasteiger charge is 2.34. The van der Waals surface area contributed by atoms with Gasteiger partial charge in [-0.3, -0.25) is 13.6 Å². The molecule has 0 rings (SSSR count). The molecule has 0 spiro atoms. The molecule has 0 aromatic carbocycles. The molecule has 0 aliphatic carbocycles. The van der Waals surface area contributed by atoms with Gasteiger partial charge in [-0.1, -0.05) is 69.6 Å². The van der Waals surface area contributed by atoms with E-state index in [1.807, 2.05) is 0 Å². The van der Waals surface area contributed by atoms with Crippen molar-refractivity contribution in [2.45, 2.75) is 16.7 Å². The SMILES string of the molecule is O=P(OC(Cl)/C=C/Cl)(OC(Cl)/C=C/Cl)OC(Cl)/C=C/Cl. The quantitative estimate of drug-likeness (QED) is 0.331. The lowest BCUT2D eigenvalue weighted by atomic mass is 10.7. The third-order valence-electron chi connectivity index (χ3n) is 1.36. The molecule has 3 atom stereocenters. The number of phosphoric acid groups is 1. The largest absolute Gasteiger partial charge is 0.480 e. The first-order valence-electron chi connectivity index (χ1n) is 4.75. The molecule has 0 heterocycles. The molecule has 4 nitrogen and oxygen atoms in total. The van der Waals surface area contributed by atoms with Gasteiger partial charge in [0.1, 0.15) is 0 Å². The van der Waals surface area contributed by atoms with Crippen molar-refractivity contribution in [3.8, 4) is 0 Å². The molecule has 0 aromatic rings. The molecule has 0 saturated carbocycles. The van der Waals surface area contributed by atoms with Gasteiger partial charge >= 0.3 is 7.82 Å². The molecular weight excluding hydrogens is 416 g/mol. The molecule has 3 unspecified atom stereocenters. The van der Waals surface area contributed by atoms with Gasteiger partial charge in [0, 0.05) is 16.6 Å². The predicted molar refractivity (Wildman–Crippen MR) is 84.8 cm³/mol. The van der Waals surface area contributed by atoms with Crippen LogP contribution in [-0.2, 0) is 18.1 Å². The van der Waals surface area contributed by atoms with E-state index in [0.29, 0.717) is 0 Å². The zero-order chi connectivity index (χ0) is 15.6. The number of hydrogen-bond acceptors (Lipinski definition) is 4. The molecule has 0 aliphatic heterocycles. The molecular formula is C9H9Cl6O4P. The Hall–Kier alpha value is 1.07. The number of rotatable bonds is 9. The lowest BCUT2D eigenvalue weighted by molar-refractivity contribution is 0.114. The second-order valence-electron chi connectivity index (χ2n) is 2.77. The Morgan fingerprint density at radius 2 is 0.950 bits per heavy atom. The van der Waals surface area contributed by atoms with Crippen LogP contribution in [0.1, 0.15) is 0 Å². The lowest BCUT2D eigenvalue weighted by Gasteiger charge is -2.21. The minimum absolute atomic E-state index is 1.07. The van der Waals surface area contributed by atoms with Crippen LogP contribution in [0.2, 0.25) is 0 Å². The summed E-state index contributed by atoms with van der Waals surface area (Å²) in [6.45, 7) is 0. The van der Waals surface area contributed by atoms with E-state index in [-0.39, 0.29) is 0 Å². The Morgan fingerprint density at radius 3 is 1.15 bits per heavy atom. The molecule has 11 heteroatoms. The Labute approximate surface area is 146 Å². The van der Waals surface area contributed by atoms with Crippen LogP contribution in [0.25, 0.3) is 0 Å². The highest BCUT2D eigenvalue weighted by Crippen LogP contribution is 2.54. The lowest BCUT2D eigenvalue weighted by Crippen LogP contribution is -2.11. The van der Waals surface area contributed by atoms with E-state index in [2.05, 4.69) is 0 Å². The van der Waals surface area contributed by atoms with Crippen molar-refractivity contribution in [2.24, 2.45) is 0 Å². The molecule has 0 N–H and O–H groups in total. The average molecular weight is 425 g/mol. The van der Waals surface area contributed by atoms with E-state index < -0.39 is 24.5 Å². The van der Waals surface area contributed by atoms with E-state index >= 15 is 0 Å². The molecule has 0 amide bonds. The maximum absolute atomic E-state index is 12.3. The Balaban J connectivity index is 4.96. The summed E-state index contributed by atoms with van der Waals surface area (Å²) in [7, 11) is -4.20. The van der Waals surface area contributed by atoms with Crippen LogP contribution in [0.3, 0.4) is 0 Å². The predicted octanol–water partition coefficient (Wildman–Crippen LogP) is 6.10. The first kappa shape index (κ1) is 21.1. The topological polar surface area (TPSA) is 44.8 Å². The third kappa shape index (κ3) is 9.91. The molecule has 0 radical (unpaired) electrons. The van der Waals surface area contributed by atoms with E-state index in [1.54, 1.807) is 0 Å². The molecule has 0 fully saturated rings. The van der Waals surface area contributed by atoms with Crippen LogP contribution in [0.15, 0.2) is 34.8 Å². The van der Waals surface area contributed by atoms with Crippen LogP contribution in [0.4, 0.5) is 0 Å². The van der Waals surface area contributed by atoms with Gasteiger partial charge in [-0.05, 0) is 18.2 Å². The molecule has 0 saturated heterocycles. The molecule has 116 valence electrons. The summed E-state index contributed by atoms with van der Waals surface area (Å²) in [4.78, 5) is 0. The van der Waals surface area contributed by atoms with Crippen molar-refractivity contribution < 1.29 is 18.1 Å². The van der Waals surface area contributed by atoms with Crippen molar-refractivity contribution >= 4 is 77.4 Å². The zero-order valence-corrected chi connectivity index (χ0v) is 15.0. The van der Waals surface area contributed by atoms with E-state index in [4.69, 9.17) is 83.2 Å². The maximum Gasteiger partial charge on any atom is 0.480 e. The van der Waals surface area contributed by atoms with Crippen LogP contribution < -0.4 is 0 Å². The van der Waals surface area contributed by atoms with Crippen LogP contribution in [0.5, 0.6) is 0 Å². The molecule has 0 aromatic heterocycles. The smallest absolute Gasteiger partial charge is 0.263 e. The molecule has 0 bridgehead atoms. The summed E-state index contributed by atoms with van der Waals surface area (Å²) >= 11 is 33.0. The summed E-state index contributed by atoms with van der Waals surface area (Å²) in [6.07, 6.45) is 3.55. The van der Waals surface area contributed by atoms with Gasteiger partial charge < -0.3 is 0 Å². The summed E-state index contributed by atoms with van der Waals surface area (Å²) in [5.41, 5.74) is -0.371. The fraction of sp³-hybridized carbons (Fsp3) is 0.333. The van der Waals surface area contributed by atoms with Crippen molar-refractivity contribution in [3.63, 3.8) is 0 Å². The second kappa shape index (κ2) is 11.6. The summed E-state index contributed by atoms with van der Waals surface area (Å²) < 4.78 is 27.0. The Morgan fingerprint density at radius 1 is 0.700 bits per heavy atom. The first-order chi connectivity index (χ1) is 9.36. The fourth-order valence-corrected chi connectivity index (χ4v) is 3.54. The Bertz CT molecular complexity index is 345. The van der Waals surface area contributed by atoms with E-state index in [1.165, 1.54) is 18.2 Å². The van der Waals surface area contributed by atoms with Gasteiger partial charge in [0.2, 0.25) is 0 Å². The van der Waals surface area contributed by atoms with Crippen molar-refractivity contribution in [1.82, 2.24) is 0 Å². The highest BCUT2D eigenvalue weighted by atomic mass is 35.5.